The summed E-state index contributed by atoms with van der Waals surface area (Å²) in [5, 5.41) is 13.7. The van der Waals surface area contributed by atoms with Gasteiger partial charge in [0.1, 0.15) is 6.04 Å². The summed E-state index contributed by atoms with van der Waals surface area (Å²) in [5.41, 5.74) is 1.92. The largest absolute Gasteiger partial charge is 0.354 e. The van der Waals surface area contributed by atoms with Gasteiger partial charge in [0, 0.05) is 31.0 Å². The summed E-state index contributed by atoms with van der Waals surface area (Å²) < 4.78 is 0. The molecule has 0 radical (unpaired) electrons. The van der Waals surface area contributed by atoms with Gasteiger partial charge < -0.3 is 10.2 Å². The van der Waals surface area contributed by atoms with Gasteiger partial charge in [-0.25, -0.2) is 0 Å². The van der Waals surface area contributed by atoms with Crippen LogP contribution in [0.4, 0.5) is 5.69 Å². The molecule has 0 saturated heterocycles. The third-order valence-electron chi connectivity index (χ3n) is 4.77. The van der Waals surface area contributed by atoms with E-state index in [-0.39, 0.29) is 23.3 Å². The summed E-state index contributed by atoms with van der Waals surface area (Å²) in [4.78, 5) is 37.8. The monoisotopic (exact) mass is 443 g/mol. The van der Waals surface area contributed by atoms with Crippen LogP contribution < -0.4 is 5.32 Å². The molecule has 2 amide bonds. The zero-order valence-corrected chi connectivity index (χ0v) is 18.8. The Labute approximate surface area is 187 Å². The molecule has 166 valence electrons. The molecule has 0 bridgehead atoms. The fourth-order valence-electron chi connectivity index (χ4n) is 3.12. The fraction of sp³-hybridized carbons (Fsp3) is 0.391. The normalized spacial score (nSPS) is 11.5. The highest BCUT2D eigenvalue weighted by Gasteiger charge is 2.28. The second-order valence-corrected chi connectivity index (χ2v) is 8.12. The summed E-state index contributed by atoms with van der Waals surface area (Å²) in [6.07, 6.45) is 1.36. The van der Waals surface area contributed by atoms with E-state index < -0.39 is 11.0 Å². The van der Waals surface area contributed by atoms with Crippen LogP contribution in [-0.4, -0.2) is 40.0 Å². The number of thioether (sulfide) groups is 1. The molecular formula is C23H29N3O4S. The third-order valence-corrected chi connectivity index (χ3v) is 5.76. The molecule has 0 spiro atoms. The SMILES string of the molecule is CCCNC(=O)C(CC)N(Cc1ccccc1)C(=O)CSCc1ccc([N+](=O)[O-])cc1. The van der Waals surface area contributed by atoms with Gasteiger partial charge >= 0.3 is 0 Å². The van der Waals surface area contributed by atoms with Gasteiger partial charge in [0.15, 0.2) is 0 Å². The Morgan fingerprint density at radius 2 is 1.74 bits per heavy atom. The number of nitro benzene ring substituents is 1. The summed E-state index contributed by atoms with van der Waals surface area (Å²) >= 11 is 1.43. The van der Waals surface area contributed by atoms with E-state index in [1.165, 1.54) is 23.9 Å². The van der Waals surface area contributed by atoms with E-state index in [9.17, 15) is 19.7 Å². The Balaban J connectivity index is 2.05. The lowest BCUT2D eigenvalue weighted by molar-refractivity contribution is -0.384. The second kappa shape index (κ2) is 12.7. The molecule has 31 heavy (non-hydrogen) atoms. The Morgan fingerprint density at radius 3 is 2.32 bits per heavy atom. The molecule has 0 aliphatic heterocycles. The van der Waals surface area contributed by atoms with Gasteiger partial charge in [0.05, 0.1) is 10.7 Å². The number of carbonyl (C=O) groups is 2. The van der Waals surface area contributed by atoms with Crippen molar-refractivity contribution in [1.29, 1.82) is 0 Å². The number of nitrogens with zero attached hydrogens (tertiary/aromatic N) is 2. The quantitative estimate of drug-likeness (QED) is 0.393. The van der Waals surface area contributed by atoms with Gasteiger partial charge in [-0.2, -0.15) is 0 Å². The molecule has 0 aliphatic carbocycles. The molecule has 0 aromatic heterocycles. The molecule has 1 unspecified atom stereocenters. The van der Waals surface area contributed by atoms with E-state index in [1.807, 2.05) is 44.2 Å². The summed E-state index contributed by atoms with van der Waals surface area (Å²) in [7, 11) is 0. The minimum atomic E-state index is -0.528. The van der Waals surface area contributed by atoms with E-state index in [1.54, 1.807) is 17.0 Å². The molecule has 1 N–H and O–H groups in total. The molecular weight excluding hydrogens is 414 g/mol. The van der Waals surface area contributed by atoms with Gasteiger partial charge in [-0.3, -0.25) is 19.7 Å². The molecule has 2 aromatic rings. The number of hydrogen-bond acceptors (Lipinski definition) is 5. The van der Waals surface area contributed by atoms with E-state index in [2.05, 4.69) is 5.32 Å². The van der Waals surface area contributed by atoms with Crippen LogP contribution in [-0.2, 0) is 21.9 Å². The summed E-state index contributed by atoms with van der Waals surface area (Å²) in [5.74, 6) is 0.548. The average molecular weight is 444 g/mol. The lowest BCUT2D eigenvalue weighted by atomic mass is 10.1. The molecule has 2 aromatic carbocycles. The number of nitrogens with one attached hydrogen (secondary N) is 1. The average Bonchev–Trinajstić information content (AvgIpc) is 2.78. The lowest BCUT2D eigenvalue weighted by Crippen LogP contribution is -2.49. The molecule has 0 fully saturated rings. The van der Waals surface area contributed by atoms with Crippen LogP contribution >= 0.6 is 11.8 Å². The Hall–Kier alpha value is -2.87. The van der Waals surface area contributed by atoms with Crippen molar-refractivity contribution in [3.63, 3.8) is 0 Å². The highest BCUT2D eigenvalue weighted by molar-refractivity contribution is 7.99. The van der Waals surface area contributed by atoms with Crippen LogP contribution in [0.5, 0.6) is 0 Å². The topological polar surface area (TPSA) is 92.6 Å². The van der Waals surface area contributed by atoms with Crippen LogP contribution in [0.15, 0.2) is 54.6 Å². The number of benzene rings is 2. The predicted molar refractivity (Wildman–Crippen MR) is 124 cm³/mol. The number of nitro groups is 1. The molecule has 0 heterocycles. The summed E-state index contributed by atoms with van der Waals surface area (Å²) in [6.45, 7) is 4.85. The first kappa shape index (κ1) is 24.4. The van der Waals surface area contributed by atoms with Crippen LogP contribution in [0.3, 0.4) is 0 Å². The van der Waals surface area contributed by atoms with Gasteiger partial charge in [-0.1, -0.05) is 56.3 Å². The number of carbonyl (C=O) groups excluding carboxylic acids is 2. The van der Waals surface area contributed by atoms with Crippen molar-refractivity contribution in [1.82, 2.24) is 10.2 Å². The van der Waals surface area contributed by atoms with Crippen molar-refractivity contribution in [2.24, 2.45) is 0 Å². The number of amides is 2. The van der Waals surface area contributed by atoms with Crippen LogP contribution in [0.25, 0.3) is 0 Å². The summed E-state index contributed by atoms with van der Waals surface area (Å²) in [6, 6.07) is 15.4. The van der Waals surface area contributed by atoms with E-state index >= 15 is 0 Å². The molecule has 1 atom stereocenters. The van der Waals surface area contributed by atoms with Crippen molar-refractivity contribution in [2.45, 2.75) is 45.0 Å². The Morgan fingerprint density at radius 1 is 1.06 bits per heavy atom. The van der Waals surface area contributed by atoms with Crippen LogP contribution in [0.2, 0.25) is 0 Å². The number of rotatable bonds is 12. The van der Waals surface area contributed by atoms with Crippen LogP contribution in [0.1, 0.15) is 37.8 Å². The van der Waals surface area contributed by atoms with E-state index in [4.69, 9.17) is 0 Å². The van der Waals surface area contributed by atoms with Gasteiger partial charge in [0.25, 0.3) is 5.69 Å². The first-order valence-corrected chi connectivity index (χ1v) is 11.5. The van der Waals surface area contributed by atoms with E-state index in [0.29, 0.717) is 25.3 Å². The first-order chi connectivity index (χ1) is 15.0. The van der Waals surface area contributed by atoms with Crippen molar-refractivity contribution in [3.05, 3.63) is 75.8 Å². The second-order valence-electron chi connectivity index (χ2n) is 7.14. The minimum Gasteiger partial charge on any atom is -0.354 e. The smallest absolute Gasteiger partial charge is 0.269 e. The molecule has 0 aliphatic rings. The molecule has 0 saturated carbocycles. The Bertz CT molecular complexity index is 859. The van der Waals surface area contributed by atoms with Crippen molar-refractivity contribution >= 4 is 29.3 Å². The molecule has 2 rings (SSSR count). The number of hydrogen-bond donors (Lipinski definition) is 1. The predicted octanol–water partition coefficient (Wildman–Crippen LogP) is 4.16. The van der Waals surface area contributed by atoms with Crippen molar-refractivity contribution < 1.29 is 14.5 Å². The maximum atomic E-state index is 13.1. The van der Waals surface area contributed by atoms with Crippen molar-refractivity contribution in [3.8, 4) is 0 Å². The van der Waals surface area contributed by atoms with Gasteiger partial charge in [-0.05, 0) is 24.0 Å². The van der Waals surface area contributed by atoms with Crippen LogP contribution in [0, 0.1) is 10.1 Å². The maximum Gasteiger partial charge on any atom is 0.269 e. The zero-order chi connectivity index (χ0) is 22.6. The number of non-ortho nitro benzene ring substituents is 1. The van der Waals surface area contributed by atoms with Crippen molar-refractivity contribution in [2.75, 3.05) is 12.3 Å². The lowest BCUT2D eigenvalue weighted by Gasteiger charge is -2.30. The van der Waals surface area contributed by atoms with Gasteiger partial charge in [0.2, 0.25) is 11.8 Å². The zero-order valence-electron chi connectivity index (χ0n) is 18.0. The Kier molecular flexibility index (Phi) is 10.0. The van der Waals surface area contributed by atoms with E-state index in [0.717, 1.165) is 17.5 Å². The van der Waals surface area contributed by atoms with Gasteiger partial charge in [-0.15, -0.1) is 11.8 Å². The third kappa shape index (κ3) is 7.71. The highest BCUT2D eigenvalue weighted by atomic mass is 32.2. The fourth-order valence-corrected chi connectivity index (χ4v) is 3.99. The molecule has 7 nitrogen and oxygen atoms in total. The minimum absolute atomic E-state index is 0.0442. The standard InChI is InChI=1S/C23H29N3O4S/c1-3-14-24-23(28)21(4-2)25(15-18-8-6-5-7-9-18)22(27)17-31-16-19-10-12-20(13-11-19)26(29)30/h5-13,21H,3-4,14-17H2,1-2H3,(H,24,28). The highest BCUT2D eigenvalue weighted by Crippen LogP contribution is 2.19. The molecule has 8 heteroatoms. The first-order valence-electron chi connectivity index (χ1n) is 10.4. The maximum absolute atomic E-state index is 13.1.